The van der Waals surface area contributed by atoms with Crippen LogP contribution in [-0.4, -0.2) is 28.7 Å². The molecule has 5 heteroatoms. The highest BCUT2D eigenvalue weighted by Crippen LogP contribution is 2.19. The Kier molecular flexibility index (Phi) is 4.28. The summed E-state index contributed by atoms with van der Waals surface area (Å²) in [6, 6.07) is 7.97. The molecule has 0 aliphatic carbocycles. The van der Waals surface area contributed by atoms with Crippen LogP contribution in [0.2, 0.25) is 0 Å². The Hall–Kier alpha value is -2.17. The molecule has 2 aromatic rings. The van der Waals surface area contributed by atoms with Crippen molar-refractivity contribution in [3.63, 3.8) is 0 Å². The molecule has 0 radical (unpaired) electrons. The predicted octanol–water partition coefficient (Wildman–Crippen LogP) is 1.96. The third-order valence-electron chi connectivity index (χ3n) is 2.66. The predicted molar refractivity (Wildman–Crippen MR) is 75.9 cm³/mol. The standard InChI is InChI=1S/C14H18N4O/c1-10(2)17-14(19)7-8-15-13-9-16-18-12-6-4-3-5-11(12)13/h3-6,9-10H,7-8H2,1-2H3,(H,15,18)(H,17,19). The van der Waals surface area contributed by atoms with Crippen molar-refractivity contribution >= 4 is 22.5 Å². The van der Waals surface area contributed by atoms with Gasteiger partial charge in [0.05, 0.1) is 17.4 Å². The van der Waals surface area contributed by atoms with Gasteiger partial charge in [-0.2, -0.15) is 10.2 Å². The second kappa shape index (κ2) is 6.13. The quantitative estimate of drug-likeness (QED) is 0.860. The molecule has 0 spiro atoms. The SMILES string of the molecule is CC(C)NC(=O)CCNc1cnnc2ccccc12. The first-order chi connectivity index (χ1) is 9.16. The van der Waals surface area contributed by atoms with E-state index in [1.54, 1.807) is 6.20 Å². The smallest absolute Gasteiger partial charge is 0.221 e. The van der Waals surface area contributed by atoms with Crippen molar-refractivity contribution in [1.82, 2.24) is 15.5 Å². The highest BCUT2D eigenvalue weighted by atomic mass is 16.1. The summed E-state index contributed by atoms with van der Waals surface area (Å²) in [5.74, 6) is 0.0498. The minimum atomic E-state index is 0.0498. The van der Waals surface area contributed by atoms with E-state index in [-0.39, 0.29) is 11.9 Å². The van der Waals surface area contributed by atoms with Crippen LogP contribution in [0.25, 0.3) is 10.9 Å². The molecule has 0 atom stereocenters. The Labute approximate surface area is 112 Å². The summed E-state index contributed by atoms with van der Waals surface area (Å²) in [6.07, 6.45) is 2.12. The second-order valence-corrected chi connectivity index (χ2v) is 4.67. The van der Waals surface area contributed by atoms with Crippen LogP contribution in [0.5, 0.6) is 0 Å². The first kappa shape index (κ1) is 13.3. The van der Waals surface area contributed by atoms with Crippen molar-refractivity contribution in [3.8, 4) is 0 Å². The molecule has 2 rings (SSSR count). The summed E-state index contributed by atoms with van der Waals surface area (Å²) in [4.78, 5) is 11.5. The summed E-state index contributed by atoms with van der Waals surface area (Å²) < 4.78 is 0. The molecule has 0 bridgehead atoms. The zero-order valence-corrected chi connectivity index (χ0v) is 11.2. The highest BCUT2D eigenvalue weighted by Gasteiger charge is 2.04. The van der Waals surface area contributed by atoms with Crippen LogP contribution in [0.4, 0.5) is 5.69 Å². The fourth-order valence-electron chi connectivity index (χ4n) is 1.85. The number of hydrogen-bond donors (Lipinski definition) is 2. The number of anilines is 1. The third kappa shape index (κ3) is 3.64. The number of carbonyl (C=O) groups excluding carboxylic acids is 1. The van der Waals surface area contributed by atoms with Gasteiger partial charge in [0.15, 0.2) is 0 Å². The molecule has 1 aromatic heterocycles. The molecular formula is C14H18N4O. The number of nitrogens with one attached hydrogen (secondary N) is 2. The normalized spacial score (nSPS) is 10.7. The van der Waals surface area contributed by atoms with Crippen LogP contribution in [-0.2, 0) is 4.79 Å². The molecular weight excluding hydrogens is 240 g/mol. The molecule has 1 amide bonds. The molecule has 100 valence electrons. The Bertz CT molecular complexity index is 563. The number of aromatic nitrogens is 2. The molecule has 1 aromatic carbocycles. The van der Waals surface area contributed by atoms with Gasteiger partial charge in [-0.05, 0) is 19.9 Å². The van der Waals surface area contributed by atoms with Gasteiger partial charge in [0.25, 0.3) is 0 Å². The summed E-state index contributed by atoms with van der Waals surface area (Å²) in [5.41, 5.74) is 1.75. The second-order valence-electron chi connectivity index (χ2n) is 4.67. The van der Waals surface area contributed by atoms with E-state index in [4.69, 9.17) is 0 Å². The maximum atomic E-state index is 11.5. The van der Waals surface area contributed by atoms with Crippen LogP contribution in [0.3, 0.4) is 0 Å². The molecule has 0 fully saturated rings. The minimum Gasteiger partial charge on any atom is -0.383 e. The van der Waals surface area contributed by atoms with Crippen LogP contribution in [0.15, 0.2) is 30.5 Å². The molecule has 0 saturated carbocycles. The van der Waals surface area contributed by atoms with Crippen LogP contribution >= 0.6 is 0 Å². The molecule has 0 aliphatic heterocycles. The van der Waals surface area contributed by atoms with E-state index in [1.165, 1.54) is 0 Å². The topological polar surface area (TPSA) is 66.9 Å². The zero-order chi connectivity index (χ0) is 13.7. The molecule has 0 unspecified atom stereocenters. The first-order valence-electron chi connectivity index (χ1n) is 6.40. The van der Waals surface area contributed by atoms with Crippen LogP contribution in [0.1, 0.15) is 20.3 Å². The molecule has 2 N–H and O–H groups in total. The molecule has 0 saturated heterocycles. The van der Waals surface area contributed by atoms with Gasteiger partial charge in [-0.15, -0.1) is 0 Å². The summed E-state index contributed by atoms with van der Waals surface area (Å²) in [7, 11) is 0. The van der Waals surface area contributed by atoms with Crippen LogP contribution < -0.4 is 10.6 Å². The molecule has 5 nitrogen and oxygen atoms in total. The number of carbonyl (C=O) groups is 1. The molecule has 19 heavy (non-hydrogen) atoms. The van der Waals surface area contributed by atoms with E-state index < -0.39 is 0 Å². The Morgan fingerprint density at radius 3 is 2.89 bits per heavy atom. The number of rotatable bonds is 5. The number of fused-ring (bicyclic) bond motifs is 1. The lowest BCUT2D eigenvalue weighted by Gasteiger charge is -2.10. The van der Waals surface area contributed by atoms with Crippen LogP contribution in [0, 0.1) is 0 Å². The summed E-state index contributed by atoms with van der Waals surface area (Å²) in [6.45, 7) is 4.48. The van der Waals surface area contributed by atoms with Crippen molar-refractivity contribution in [2.45, 2.75) is 26.3 Å². The fourth-order valence-corrected chi connectivity index (χ4v) is 1.85. The van der Waals surface area contributed by atoms with Gasteiger partial charge in [-0.1, -0.05) is 18.2 Å². The number of nitrogens with zero attached hydrogens (tertiary/aromatic N) is 2. The number of hydrogen-bond acceptors (Lipinski definition) is 4. The van der Waals surface area contributed by atoms with E-state index in [1.807, 2.05) is 38.1 Å². The van der Waals surface area contributed by atoms with Gasteiger partial charge in [0.2, 0.25) is 5.91 Å². The number of amides is 1. The van der Waals surface area contributed by atoms with E-state index in [0.29, 0.717) is 13.0 Å². The van der Waals surface area contributed by atoms with Crippen molar-refractivity contribution in [2.24, 2.45) is 0 Å². The summed E-state index contributed by atoms with van der Waals surface area (Å²) >= 11 is 0. The lowest BCUT2D eigenvalue weighted by Crippen LogP contribution is -2.31. The van der Waals surface area contributed by atoms with Gasteiger partial charge < -0.3 is 10.6 Å². The largest absolute Gasteiger partial charge is 0.383 e. The third-order valence-corrected chi connectivity index (χ3v) is 2.66. The lowest BCUT2D eigenvalue weighted by molar-refractivity contribution is -0.121. The molecule has 0 aliphatic rings. The maximum absolute atomic E-state index is 11.5. The Morgan fingerprint density at radius 1 is 1.32 bits per heavy atom. The minimum absolute atomic E-state index is 0.0498. The summed E-state index contributed by atoms with van der Waals surface area (Å²) in [5, 5.41) is 15.1. The fraction of sp³-hybridized carbons (Fsp3) is 0.357. The highest BCUT2D eigenvalue weighted by molar-refractivity contribution is 5.90. The number of benzene rings is 1. The average molecular weight is 258 g/mol. The van der Waals surface area contributed by atoms with E-state index in [2.05, 4.69) is 20.8 Å². The average Bonchev–Trinajstić information content (AvgIpc) is 2.38. The van der Waals surface area contributed by atoms with Gasteiger partial charge >= 0.3 is 0 Å². The Morgan fingerprint density at radius 2 is 2.11 bits per heavy atom. The van der Waals surface area contributed by atoms with Crippen molar-refractivity contribution in [2.75, 3.05) is 11.9 Å². The lowest BCUT2D eigenvalue weighted by atomic mass is 10.2. The van der Waals surface area contributed by atoms with E-state index in [9.17, 15) is 4.79 Å². The Balaban J connectivity index is 1.97. The van der Waals surface area contributed by atoms with E-state index >= 15 is 0 Å². The van der Waals surface area contributed by atoms with Gasteiger partial charge in [-0.25, -0.2) is 0 Å². The van der Waals surface area contributed by atoms with Gasteiger partial charge in [0.1, 0.15) is 0 Å². The van der Waals surface area contributed by atoms with Gasteiger partial charge in [0, 0.05) is 24.4 Å². The van der Waals surface area contributed by atoms with Gasteiger partial charge in [-0.3, -0.25) is 4.79 Å². The zero-order valence-electron chi connectivity index (χ0n) is 11.2. The monoisotopic (exact) mass is 258 g/mol. The van der Waals surface area contributed by atoms with E-state index in [0.717, 1.165) is 16.6 Å². The molecule has 1 heterocycles. The first-order valence-corrected chi connectivity index (χ1v) is 6.40. The maximum Gasteiger partial charge on any atom is 0.221 e. The van der Waals surface area contributed by atoms with Crippen molar-refractivity contribution in [3.05, 3.63) is 30.5 Å². The van der Waals surface area contributed by atoms with Crippen molar-refractivity contribution < 1.29 is 4.79 Å². The van der Waals surface area contributed by atoms with Crippen molar-refractivity contribution in [1.29, 1.82) is 0 Å².